The van der Waals surface area contributed by atoms with Crippen LogP contribution in [-0.4, -0.2) is 35.3 Å². The van der Waals surface area contributed by atoms with E-state index >= 15 is 0 Å². The topological polar surface area (TPSA) is 49.4 Å². The molecule has 0 aromatic rings. The lowest BCUT2D eigenvalue weighted by Gasteiger charge is -2.43. The van der Waals surface area contributed by atoms with Crippen molar-refractivity contribution in [3.63, 3.8) is 0 Å². The Balaban J connectivity index is 3.02. The third-order valence-corrected chi connectivity index (χ3v) is 2.73. The van der Waals surface area contributed by atoms with Crippen LogP contribution in [0.4, 0.5) is 0 Å². The Labute approximate surface area is 91.0 Å². The van der Waals surface area contributed by atoms with Crippen LogP contribution in [0.3, 0.4) is 0 Å². The number of nitrogens with one attached hydrogen (secondary N) is 1. The van der Waals surface area contributed by atoms with E-state index in [1.807, 2.05) is 27.7 Å². The van der Waals surface area contributed by atoms with Gasteiger partial charge in [-0.25, -0.2) is 0 Å². The first kappa shape index (κ1) is 12.0. The normalized spacial score (nSPS) is 27.9. The van der Waals surface area contributed by atoms with E-state index in [1.165, 1.54) is 0 Å². The molecule has 0 aromatic heterocycles. The molecule has 2 unspecified atom stereocenters. The molecule has 4 heteroatoms. The van der Waals surface area contributed by atoms with Gasteiger partial charge in [0.2, 0.25) is 11.8 Å². The summed E-state index contributed by atoms with van der Waals surface area (Å²) in [5.74, 6) is -0.0338. The van der Waals surface area contributed by atoms with Crippen molar-refractivity contribution in [1.82, 2.24) is 10.2 Å². The molecule has 1 N–H and O–H groups in total. The minimum atomic E-state index is -0.393. The summed E-state index contributed by atoms with van der Waals surface area (Å²) in [5, 5.41) is 2.72. The first-order chi connectivity index (χ1) is 6.79. The van der Waals surface area contributed by atoms with Crippen LogP contribution in [0.2, 0.25) is 0 Å². The molecule has 1 rings (SSSR count). The molecule has 0 radical (unpaired) electrons. The smallest absolute Gasteiger partial charge is 0.245 e. The molecule has 15 heavy (non-hydrogen) atoms. The van der Waals surface area contributed by atoms with E-state index in [2.05, 4.69) is 5.32 Å². The first-order valence-corrected chi connectivity index (χ1v) is 5.40. The van der Waals surface area contributed by atoms with Gasteiger partial charge >= 0.3 is 0 Å². The fourth-order valence-corrected chi connectivity index (χ4v) is 2.07. The maximum Gasteiger partial charge on any atom is 0.245 e. The quantitative estimate of drug-likeness (QED) is 0.698. The van der Waals surface area contributed by atoms with Crippen molar-refractivity contribution in [3.8, 4) is 0 Å². The maximum atomic E-state index is 11.9. The Hall–Kier alpha value is -1.06. The molecule has 0 saturated carbocycles. The Morgan fingerprint density at radius 2 is 1.87 bits per heavy atom. The monoisotopic (exact) mass is 212 g/mol. The minimum Gasteiger partial charge on any atom is -0.343 e. The Morgan fingerprint density at radius 3 is 2.27 bits per heavy atom. The van der Waals surface area contributed by atoms with Crippen LogP contribution in [-0.2, 0) is 9.59 Å². The molecule has 1 saturated heterocycles. The highest BCUT2D eigenvalue weighted by Crippen LogP contribution is 2.27. The van der Waals surface area contributed by atoms with E-state index in [9.17, 15) is 9.59 Å². The van der Waals surface area contributed by atoms with Crippen LogP contribution in [0.5, 0.6) is 0 Å². The number of piperazine rings is 1. The average Bonchev–Trinajstić information content (AvgIpc) is 2.08. The second kappa shape index (κ2) is 3.83. The number of hydrogen-bond donors (Lipinski definition) is 1. The molecule has 1 fully saturated rings. The van der Waals surface area contributed by atoms with Gasteiger partial charge in [-0.3, -0.25) is 9.59 Å². The van der Waals surface area contributed by atoms with Crippen molar-refractivity contribution < 1.29 is 9.59 Å². The molecular formula is C11H20N2O2. The zero-order valence-electron chi connectivity index (χ0n) is 10.1. The summed E-state index contributed by atoms with van der Waals surface area (Å²) in [6.07, 6.45) is 0. The SMILES string of the molecule is CCN1C(=O)C(C)NC(=O)C1C(C)(C)C. The van der Waals surface area contributed by atoms with Gasteiger partial charge in [0.25, 0.3) is 0 Å². The third kappa shape index (κ3) is 2.13. The summed E-state index contributed by atoms with van der Waals surface area (Å²) >= 11 is 0. The zero-order chi connectivity index (χ0) is 11.8. The summed E-state index contributed by atoms with van der Waals surface area (Å²) in [5.41, 5.74) is -0.226. The van der Waals surface area contributed by atoms with Gasteiger partial charge in [0, 0.05) is 6.54 Å². The van der Waals surface area contributed by atoms with Crippen molar-refractivity contribution in [2.24, 2.45) is 5.41 Å². The molecule has 1 aliphatic rings. The molecule has 0 aliphatic carbocycles. The third-order valence-electron chi connectivity index (χ3n) is 2.73. The maximum absolute atomic E-state index is 11.9. The van der Waals surface area contributed by atoms with Gasteiger partial charge in [-0.05, 0) is 19.3 Å². The fourth-order valence-electron chi connectivity index (χ4n) is 2.07. The van der Waals surface area contributed by atoms with E-state index in [4.69, 9.17) is 0 Å². The number of amides is 2. The van der Waals surface area contributed by atoms with Gasteiger partial charge in [-0.15, -0.1) is 0 Å². The van der Waals surface area contributed by atoms with Gasteiger partial charge in [0.1, 0.15) is 12.1 Å². The molecule has 2 amide bonds. The largest absolute Gasteiger partial charge is 0.343 e. The average molecular weight is 212 g/mol. The summed E-state index contributed by atoms with van der Waals surface area (Å²) in [6.45, 7) is 10.1. The predicted molar refractivity (Wildman–Crippen MR) is 58.2 cm³/mol. The number of carbonyl (C=O) groups is 2. The highest BCUT2D eigenvalue weighted by atomic mass is 16.2. The van der Waals surface area contributed by atoms with Gasteiger partial charge < -0.3 is 10.2 Å². The van der Waals surface area contributed by atoms with Crippen LogP contribution in [0.15, 0.2) is 0 Å². The molecule has 4 nitrogen and oxygen atoms in total. The zero-order valence-corrected chi connectivity index (χ0v) is 10.1. The standard InChI is InChI=1S/C11H20N2O2/c1-6-13-8(11(3,4)5)9(14)12-7(2)10(13)15/h7-8H,6H2,1-5H3,(H,12,14). The summed E-state index contributed by atoms with van der Waals surface area (Å²) < 4.78 is 0. The molecule has 1 aliphatic heterocycles. The van der Waals surface area contributed by atoms with Crippen molar-refractivity contribution in [3.05, 3.63) is 0 Å². The minimum absolute atomic E-state index is 0.0111. The van der Waals surface area contributed by atoms with Crippen LogP contribution in [0, 0.1) is 5.41 Å². The number of rotatable bonds is 1. The lowest BCUT2D eigenvalue weighted by Crippen LogP contribution is -2.65. The molecule has 2 atom stereocenters. The fraction of sp³-hybridized carbons (Fsp3) is 0.818. The van der Waals surface area contributed by atoms with Crippen molar-refractivity contribution in [2.75, 3.05) is 6.54 Å². The Morgan fingerprint density at radius 1 is 1.33 bits per heavy atom. The van der Waals surface area contributed by atoms with Gasteiger partial charge in [-0.1, -0.05) is 20.8 Å². The molecule has 0 bridgehead atoms. The molecular weight excluding hydrogens is 192 g/mol. The second-order valence-corrected chi connectivity index (χ2v) is 5.12. The van der Waals surface area contributed by atoms with Crippen molar-refractivity contribution in [1.29, 1.82) is 0 Å². The molecule has 0 spiro atoms. The van der Waals surface area contributed by atoms with E-state index in [-0.39, 0.29) is 23.3 Å². The summed E-state index contributed by atoms with van der Waals surface area (Å²) in [7, 11) is 0. The van der Waals surface area contributed by atoms with Crippen LogP contribution < -0.4 is 5.32 Å². The van der Waals surface area contributed by atoms with Gasteiger partial charge in [0.05, 0.1) is 0 Å². The van der Waals surface area contributed by atoms with Gasteiger partial charge in [0.15, 0.2) is 0 Å². The second-order valence-electron chi connectivity index (χ2n) is 5.12. The van der Waals surface area contributed by atoms with E-state index in [0.29, 0.717) is 6.54 Å². The number of hydrogen-bond acceptors (Lipinski definition) is 2. The van der Waals surface area contributed by atoms with Crippen LogP contribution in [0.25, 0.3) is 0 Å². The molecule has 1 heterocycles. The van der Waals surface area contributed by atoms with E-state index in [0.717, 1.165) is 0 Å². The van der Waals surface area contributed by atoms with E-state index < -0.39 is 6.04 Å². The molecule has 86 valence electrons. The number of likely N-dealkylation sites (N-methyl/N-ethyl adjacent to an activating group) is 1. The van der Waals surface area contributed by atoms with Crippen molar-refractivity contribution in [2.45, 2.75) is 46.7 Å². The predicted octanol–water partition coefficient (Wildman–Crippen LogP) is 0.768. The Kier molecular flexibility index (Phi) is 3.07. The highest BCUT2D eigenvalue weighted by Gasteiger charge is 2.43. The van der Waals surface area contributed by atoms with Gasteiger partial charge in [-0.2, -0.15) is 0 Å². The summed E-state index contributed by atoms with van der Waals surface area (Å²) in [4.78, 5) is 25.4. The molecule has 0 aromatic carbocycles. The summed E-state index contributed by atoms with van der Waals surface area (Å²) in [6, 6.07) is -0.748. The highest BCUT2D eigenvalue weighted by molar-refractivity contribution is 5.97. The lowest BCUT2D eigenvalue weighted by molar-refractivity contribution is -0.152. The van der Waals surface area contributed by atoms with Crippen LogP contribution in [0.1, 0.15) is 34.6 Å². The lowest BCUT2D eigenvalue weighted by atomic mass is 9.83. The Bertz CT molecular complexity index is 281. The van der Waals surface area contributed by atoms with Crippen molar-refractivity contribution >= 4 is 11.8 Å². The number of nitrogens with zero attached hydrogens (tertiary/aromatic N) is 1. The van der Waals surface area contributed by atoms with Crippen LogP contribution >= 0.6 is 0 Å². The first-order valence-electron chi connectivity index (χ1n) is 5.40. The van der Waals surface area contributed by atoms with E-state index in [1.54, 1.807) is 11.8 Å². The number of carbonyl (C=O) groups excluding carboxylic acids is 2.